The molecule has 136 valence electrons. The Kier molecular flexibility index (Phi) is 5.50. The summed E-state index contributed by atoms with van der Waals surface area (Å²) in [4.78, 5) is 0. The Balaban J connectivity index is 1.64. The van der Waals surface area contributed by atoms with E-state index >= 15 is 0 Å². The highest BCUT2D eigenvalue weighted by molar-refractivity contribution is 7.73. The maximum absolute atomic E-state index is 5.60. The summed E-state index contributed by atoms with van der Waals surface area (Å²) >= 11 is 14.3. The third kappa shape index (κ3) is 4.04. The molecule has 27 heavy (non-hydrogen) atoms. The maximum atomic E-state index is 5.60. The van der Waals surface area contributed by atoms with E-state index in [0.29, 0.717) is 0 Å². The Labute approximate surface area is 177 Å². The van der Waals surface area contributed by atoms with Crippen molar-refractivity contribution in [2.24, 2.45) is 0 Å². The summed E-state index contributed by atoms with van der Waals surface area (Å²) in [6.07, 6.45) is 0. The van der Waals surface area contributed by atoms with E-state index in [2.05, 4.69) is 75.3 Å². The van der Waals surface area contributed by atoms with Crippen LogP contribution in [0.1, 0.15) is 16.8 Å². The van der Waals surface area contributed by atoms with Crippen molar-refractivity contribution in [1.29, 1.82) is 0 Å². The largest absolute Gasteiger partial charge is 0.323 e. The summed E-state index contributed by atoms with van der Waals surface area (Å²) in [5.74, 6) is 0. The van der Waals surface area contributed by atoms with Gasteiger partial charge < -0.3 is 9.13 Å². The number of hydrogen-bond donors (Lipinski definition) is 0. The van der Waals surface area contributed by atoms with Gasteiger partial charge in [-0.2, -0.15) is 0 Å². The van der Waals surface area contributed by atoms with Gasteiger partial charge in [0, 0.05) is 29.5 Å². The molecule has 4 aromatic rings. The molecule has 2 heterocycles. The minimum Gasteiger partial charge on any atom is -0.323 e. The molecule has 0 radical (unpaired) electrons. The number of hydrogen-bond acceptors (Lipinski definition) is 4. The molecular weight excluding hydrogens is 409 g/mol. The van der Waals surface area contributed by atoms with E-state index in [-0.39, 0.29) is 0 Å². The Morgan fingerprint density at radius 3 is 2.07 bits per heavy atom. The molecule has 2 nitrogen and oxygen atoms in total. The Bertz CT molecular complexity index is 1180. The Morgan fingerprint density at radius 1 is 0.778 bits per heavy atom. The molecule has 4 rings (SSSR count). The molecule has 0 spiro atoms. The van der Waals surface area contributed by atoms with Gasteiger partial charge in [-0.1, -0.05) is 54.6 Å². The molecule has 0 amide bonds. The number of thiazole rings is 2. The molecule has 0 aliphatic heterocycles. The Morgan fingerprint density at radius 2 is 1.41 bits per heavy atom. The van der Waals surface area contributed by atoms with Gasteiger partial charge >= 0.3 is 0 Å². The van der Waals surface area contributed by atoms with Gasteiger partial charge in [0.15, 0.2) is 7.91 Å². The zero-order valence-corrected chi connectivity index (χ0v) is 18.1. The smallest absolute Gasteiger partial charge is 0.161 e. The topological polar surface area (TPSA) is 9.86 Å². The molecule has 0 aliphatic carbocycles. The molecule has 0 bridgehead atoms. The minimum absolute atomic E-state index is 0.772. The molecule has 0 N–H and O–H groups in total. The molecule has 0 unspecified atom stereocenters. The van der Waals surface area contributed by atoms with Gasteiger partial charge in [0.25, 0.3) is 0 Å². The quantitative estimate of drug-likeness (QED) is 0.320. The van der Waals surface area contributed by atoms with Crippen LogP contribution in [-0.4, -0.2) is 9.13 Å². The molecule has 0 saturated heterocycles. The molecule has 2 aromatic heterocycles. The average Bonchev–Trinajstić information content (AvgIpc) is 3.20. The van der Waals surface area contributed by atoms with E-state index < -0.39 is 0 Å². The average molecular weight is 427 g/mol. The van der Waals surface area contributed by atoms with Crippen molar-refractivity contribution in [3.63, 3.8) is 0 Å². The summed E-state index contributed by atoms with van der Waals surface area (Å²) in [6.45, 7) is 3.68. The SMILES string of the molecule is Cc1csc(=S)n1Cc1cccc(Cn2c(-c3ccccc3)csc2=S)c1. The van der Waals surface area contributed by atoms with Gasteiger partial charge in [0.05, 0.1) is 5.69 Å². The van der Waals surface area contributed by atoms with Crippen molar-refractivity contribution in [1.82, 2.24) is 9.13 Å². The van der Waals surface area contributed by atoms with Crippen LogP contribution in [0.2, 0.25) is 0 Å². The first-order valence-electron chi connectivity index (χ1n) is 8.58. The number of benzene rings is 2. The van der Waals surface area contributed by atoms with E-state index in [9.17, 15) is 0 Å². The Hall–Kier alpha value is -1.86. The van der Waals surface area contributed by atoms with Crippen LogP contribution in [0.5, 0.6) is 0 Å². The molecule has 6 heteroatoms. The fourth-order valence-corrected chi connectivity index (χ4v) is 5.26. The van der Waals surface area contributed by atoms with Gasteiger partial charge in [-0.3, -0.25) is 0 Å². The zero-order chi connectivity index (χ0) is 18.8. The monoisotopic (exact) mass is 426 g/mol. The summed E-state index contributed by atoms with van der Waals surface area (Å²) in [6, 6.07) is 19.1. The highest BCUT2D eigenvalue weighted by atomic mass is 32.2. The van der Waals surface area contributed by atoms with Gasteiger partial charge in [-0.05, 0) is 48.0 Å². The van der Waals surface area contributed by atoms with E-state index in [1.54, 1.807) is 22.7 Å². The molecule has 0 aliphatic rings. The van der Waals surface area contributed by atoms with Crippen LogP contribution in [-0.2, 0) is 13.1 Å². The highest BCUT2D eigenvalue weighted by Gasteiger charge is 2.08. The van der Waals surface area contributed by atoms with Crippen LogP contribution >= 0.6 is 47.1 Å². The second-order valence-corrected chi connectivity index (χ2v) is 9.39. The lowest BCUT2D eigenvalue weighted by atomic mass is 10.1. The van der Waals surface area contributed by atoms with Crippen LogP contribution in [0.25, 0.3) is 11.3 Å². The standard InChI is InChI=1S/C21H18N2S4/c1-15-13-26-20(24)22(15)11-16-6-5-7-17(10-16)12-23-19(14-27-21(23)25)18-8-3-2-4-9-18/h2-10,13-14H,11-12H2,1H3. The predicted molar refractivity (Wildman–Crippen MR) is 121 cm³/mol. The van der Waals surface area contributed by atoms with E-state index in [1.165, 1.54) is 28.1 Å². The van der Waals surface area contributed by atoms with Crippen molar-refractivity contribution >= 4 is 47.1 Å². The van der Waals surface area contributed by atoms with Gasteiger partial charge in [-0.25, -0.2) is 0 Å². The first-order valence-corrected chi connectivity index (χ1v) is 11.2. The molecule has 2 aromatic carbocycles. The number of aromatic nitrogens is 2. The van der Waals surface area contributed by atoms with Gasteiger partial charge in [0.1, 0.15) is 0 Å². The molecule has 0 saturated carbocycles. The number of nitrogens with zero attached hydrogens (tertiary/aromatic N) is 2. The fourth-order valence-electron chi connectivity index (χ4n) is 3.10. The van der Waals surface area contributed by atoms with E-state index in [0.717, 1.165) is 21.0 Å². The van der Waals surface area contributed by atoms with Crippen LogP contribution in [0.4, 0.5) is 0 Å². The van der Waals surface area contributed by atoms with E-state index in [1.807, 2.05) is 6.07 Å². The zero-order valence-electron chi connectivity index (χ0n) is 14.8. The summed E-state index contributed by atoms with van der Waals surface area (Å²) < 4.78 is 6.22. The molecular formula is C21H18N2S4. The van der Waals surface area contributed by atoms with Crippen LogP contribution in [0.3, 0.4) is 0 Å². The summed E-state index contributed by atoms with van der Waals surface area (Å²) in [5.41, 5.74) is 6.08. The lowest BCUT2D eigenvalue weighted by Crippen LogP contribution is -2.04. The van der Waals surface area contributed by atoms with Gasteiger partial charge in [0.2, 0.25) is 0 Å². The second kappa shape index (κ2) is 8.02. The van der Waals surface area contributed by atoms with Crippen molar-refractivity contribution in [3.05, 3.63) is 90.1 Å². The summed E-state index contributed by atoms with van der Waals surface area (Å²) in [7, 11) is 0. The van der Waals surface area contributed by atoms with E-state index in [4.69, 9.17) is 24.4 Å². The highest BCUT2D eigenvalue weighted by Crippen LogP contribution is 2.25. The van der Waals surface area contributed by atoms with Crippen molar-refractivity contribution in [2.75, 3.05) is 0 Å². The predicted octanol–water partition coefficient (Wildman–Crippen LogP) is 6.94. The first kappa shape index (κ1) is 18.5. The normalized spacial score (nSPS) is 11.0. The minimum atomic E-state index is 0.772. The third-order valence-corrected chi connectivity index (χ3v) is 7.16. The first-order chi connectivity index (χ1) is 13.1. The van der Waals surface area contributed by atoms with Crippen LogP contribution in [0.15, 0.2) is 65.4 Å². The summed E-state index contributed by atoms with van der Waals surface area (Å²) in [5, 5.41) is 4.26. The lowest BCUT2D eigenvalue weighted by Gasteiger charge is -2.11. The lowest BCUT2D eigenvalue weighted by molar-refractivity contribution is 0.763. The van der Waals surface area contributed by atoms with Crippen LogP contribution in [0, 0.1) is 14.8 Å². The van der Waals surface area contributed by atoms with Crippen molar-refractivity contribution in [2.45, 2.75) is 20.0 Å². The second-order valence-electron chi connectivity index (χ2n) is 6.39. The van der Waals surface area contributed by atoms with Crippen molar-refractivity contribution in [3.8, 4) is 11.3 Å². The number of aryl methyl sites for hydroxylation is 1. The fraction of sp³-hybridized carbons (Fsp3) is 0.143. The van der Waals surface area contributed by atoms with Crippen molar-refractivity contribution < 1.29 is 0 Å². The third-order valence-electron chi connectivity index (χ3n) is 4.50. The molecule has 0 atom stereocenters. The van der Waals surface area contributed by atoms with Gasteiger partial charge in [-0.15, -0.1) is 22.7 Å². The maximum Gasteiger partial charge on any atom is 0.161 e. The number of rotatable bonds is 5. The van der Waals surface area contributed by atoms with Crippen LogP contribution < -0.4 is 0 Å². The molecule has 0 fully saturated rings.